The van der Waals surface area contributed by atoms with Crippen LogP contribution in [0.15, 0.2) is 18.2 Å². The van der Waals surface area contributed by atoms with Gasteiger partial charge in [-0.15, -0.1) is 0 Å². The van der Waals surface area contributed by atoms with E-state index >= 15 is 0 Å². The summed E-state index contributed by atoms with van der Waals surface area (Å²) in [6.45, 7) is 2.41. The zero-order chi connectivity index (χ0) is 13.6. The normalized spacial score (nSPS) is 11.6. The van der Waals surface area contributed by atoms with Crippen LogP contribution in [0.3, 0.4) is 0 Å². The summed E-state index contributed by atoms with van der Waals surface area (Å²) in [5, 5.41) is 0. The summed E-state index contributed by atoms with van der Waals surface area (Å²) in [5.74, 6) is -0.115. The van der Waals surface area contributed by atoms with Crippen molar-refractivity contribution < 1.29 is 17.9 Å². The van der Waals surface area contributed by atoms with Crippen molar-refractivity contribution >= 4 is 0 Å². The van der Waals surface area contributed by atoms with Gasteiger partial charge in [0.25, 0.3) is 0 Å². The van der Waals surface area contributed by atoms with Crippen molar-refractivity contribution in [2.45, 2.75) is 38.9 Å². The lowest BCUT2D eigenvalue weighted by molar-refractivity contribution is -0.139. The average Bonchev–Trinajstić information content (AvgIpc) is 2.33. The standard InChI is InChI=1S/C13H18F3NO/c1-2-3-4-7-18-12-6-5-10(9-17)8-11(12)13(14,15)16/h5-6,8H,2-4,7,9,17H2,1H3. The second kappa shape index (κ2) is 6.64. The quantitative estimate of drug-likeness (QED) is 0.792. The van der Waals surface area contributed by atoms with Crippen molar-refractivity contribution in [3.63, 3.8) is 0 Å². The van der Waals surface area contributed by atoms with Gasteiger partial charge in [-0.05, 0) is 24.1 Å². The minimum Gasteiger partial charge on any atom is -0.493 e. The lowest BCUT2D eigenvalue weighted by Crippen LogP contribution is -2.11. The minimum absolute atomic E-state index is 0.0825. The minimum atomic E-state index is -4.41. The summed E-state index contributed by atoms with van der Waals surface area (Å²) in [4.78, 5) is 0. The van der Waals surface area contributed by atoms with Crippen molar-refractivity contribution in [1.29, 1.82) is 0 Å². The van der Waals surface area contributed by atoms with E-state index in [0.29, 0.717) is 12.2 Å². The van der Waals surface area contributed by atoms with Crippen LogP contribution in [-0.4, -0.2) is 6.61 Å². The van der Waals surface area contributed by atoms with Gasteiger partial charge in [-0.25, -0.2) is 0 Å². The van der Waals surface area contributed by atoms with Crippen LogP contribution in [-0.2, 0) is 12.7 Å². The third-order valence-electron chi connectivity index (χ3n) is 2.59. The van der Waals surface area contributed by atoms with E-state index in [0.717, 1.165) is 25.3 Å². The average molecular weight is 261 g/mol. The van der Waals surface area contributed by atoms with Gasteiger partial charge in [0.05, 0.1) is 12.2 Å². The molecule has 0 radical (unpaired) electrons. The molecule has 0 aliphatic rings. The van der Waals surface area contributed by atoms with Gasteiger partial charge in [-0.3, -0.25) is 0 Å². The molecule has 0 unspecified atom stereocenters. The molecule has 0 spiro atoms. The largest absolute Gasteiger partial charge is 0.493 e. The molecule has 2 N–H and O–H groups in total. The lowest BCUT2D eigenvalue weighted by Gasteiger charge is -2.15. The van der Waals surface area contributed by atoms with E-state index in [9.17, 15) is 13.2 Å². The first-order chi connectivity index (χ1) is 8.49. The van der Waals surface area contributed by atoms with E-state index in [1.807, 2.05) is 6.92 Å². The Morgan fingerprint density at radius 3 is 2.50 bits per heavy atom. The molecule has 0 bridgehead atoms. The summed E-state index contributed by atoms with van der Waals surface area (Å²) >= 11 is 0. The van der Waals surface area contributed by atoms with E-state index in [1.165, 1.54) is 6.07 Å². The second-order valence-corrected chi connectivity index (χ2v) is 4.09. The van der Waals surface area contributed by atoms with Gasteiger partial charge >= 0.3 is 6.18 Å². The maximum Gasteiger partial charge on any atom is 0.419 e. The van der Waals surface area contributed by atoms with Gasteiger partial charge in [-0.2, -0.15) is 13.2 Å². The van der Waals surface area contributed by atoms with E-state index < -0.39 is 11.7 Å². The SMILES string of the molecule is CCCCCOc1ccc(CN)cc1C(F)(F)F. The molecular weight excluding hydrogens is 243 g/mol. The van der Waals surface area contributed by atoms with Crippen molar-refractivity contribution in [3.05, 3.63) is 29.3 Å². The Labute approximate surface area is 105 Å². The highest BCUT2D eigenvalue weighted by Crippen LogP contribution is 2.36. The van der Waals surface area contributed by atoms with Crippen LogP contribution in [0.4, 0.5) is 13.2 Å². The highest BCUT2D eigenvalue weighted by Gasteiger charge is 2.34. The summed E-state index contributed by atoms with van der Waals surface area (Å²) < 4.78 is 43.7. The zero-order valence-corrected chi connectivity index (χ0v) is 10.4. The van der Waals surface area contributed by atoms with Crippen LogP contribution >= 0.6 is 0 Å². The third kappa shape index (κ3) is 4.22. The third-order valence-corrected chi connectivity index (χ3v) is 2.59. The fraction of sp³-hybridized carbons (Fsp3) is 0.538. The number of unbranched alkanes of at least 4 members (excludes halogenated alkanes) is 2. The molecule has 5 heteroatoms. The van der Waals surface area contributed by atoms with Crippen LogP contribution in [0.5, 0.6) is 5.75 Å². The van der Waals surface area contributed by atoms with Gasteiger partial charge in [0.15, 0.2) is 0 Å². The predicted octanol–water partition coefficient (Wildman–Crippen LogP) is 3.73. The van der Waals surface area contributed by atoms with E-state index in [2.05, 4.69) is 0 Å². The number of hydrogen-bond donors (Lipinski definition) is 1. The van der Waals surface area contributed by atoms with Gasteiger partial charge in [0, 0.05) is 6.54 Å². The van der Waals surface area contributed by atoms with Crippen molar-refractivity contribution in [1.82, 2.24) is 0 Å². The molecule has 0 aliphatic heterocycles. The monoisotopic (exact) mass is 261 g/mol. The summed E-state index contributed by atoms with van der Waals surface area (Å²) in [6.07, 6.45) is -1.71. The van der Waals surface area contributed by atoms with Crippen LogP contribution in [0.25, 0.3) is 0 Å². The fourth-order valence-corrected chi connectivity index (χ4v) is 1.59. The summed E-state index contributed by atoms with van der Waals surface area (Å²) in [6, 6.07) is 3.95. The van der Waals surface area contributed by atoms with Gasteiger partial charge < -0.3 is 10.5 Å². The van der Waals surface area contributed by atoms with Crippen molar-refractivity contribution in [3.8, 4) is 5.75 Å². The molecule has 0 atom stereocenters. The van der Waals surface area contributed by atoms with E-state index in [-0.39, 0.29) is 12.3 Å². The van der Waals surface area contributed by atoms with E-state index in [4.69, 9.17) is 10.5 Å². The Kier molecular flexibility index (Phi) is 5.47. The Morgan fingerprint density at radius 1 is 1.22 bits per heavy atom. The fourth-order valence-electron chi connectivity index (χ4n) is 1.59. The van der Waals surface area contributed by atoms with Crippen LogP contribution in [0, 0.1) is 0 Å². The molecule has 0 amide bonds. The smallest absolute Gasteiger partial charge is 0.419 e. The maximum absolute atomic E-state index is 12.8. The number of ether oxygens (including phenoxy) is 1. The Balaban J connectivity index is 2.82. The molecule has 0 aromatic heterocycles. The number of alkyl halides is 3. The highest BCUT2D eigenvalue weighted by atomic mass is 19.4. The van der Waals surface area contributed by atoms with Crippen LogP contribution in [0.2, 0.25) is 0 Å². The molecule has 102 valence electrons. The lowest BCUT2D eigenvalue weighted by atomic mass is 10.1. The van der Waals surface area contributed by atoms with Crippen LogP contribution < -0.4 is 10.5 Å². The second-order valence-electron chi connectivity index (χ2n) is 4.09. The number of hydrogen-bond acceptors (Lipinski definition) is 2. The zero-order valence-electron chi connectivity index (χ0n) is 10.4. The molecule has 0 heterocycles. The van der Waals surface area contributed by atoms with E-state index in [1.54, 1.807) is 6.07 Å². The first-order valence-electron chi connectivity index (χ1n) is 6.02. The van der Waals surface area contributed by atoms with Crippen molar-refractivity contribution in [2.75, 3.05) is 6.61 Å². The Morgan fingerprint density at radius 2 is 1.94 bits per heavy atom. The summed E-state index contributed by atoms with van der Waals surface area (Å²) in [7, 11) is 0. The molecule has 0 saturated carbocycles. The number of rotatable bonds is 6. The molecular formula is C13H18F3NO. The number of halogens is 3. The molecule has 0 saturated heterocycles. The Hall–Kier alpha value is -1.23. The molecule has 2 nitrogen and oxygen atoms in total. The topological polar surface area (TPSA) is 35.2 Å². The number of nitrogens with two attached hydrogens (primary N) is 1. The summed E-state index contributed by atoms with van der Waals surface area (Å²) in [5.41, 5.74) is 5.04. The molecule has 1 rings (SSSR count). The van der Waals surface area contributed by atoms with Crippen molar-refractivity contribution in [2.24, 2.45) is 5.73 Å². The predicted molar refractivity (Wildman–Crippen MR) is 64.4 cm³/mol. The molecule has 0 aliphatic carbocycles. The highest BCUT2D eigenvalue weighted by molar-refractivity contribution is 5.39. The van der Waals surface area contributed by atoms with Gasteiger partial charge in [0.2, 0.25) is 0 Å². The first kappa shape index (κ1) is 14.8. The first-order valence-corrected chi connectivity index (χ1v) is 6.02. The molecule has 1 aromatic rings. The van der Waals surface area contributed by atoms with Crippen LogP contribution in [0.1, 0.15) is 37.3 Å². The van der Waals surface area contributed by atoms with Gasteiger partial charge in [-0.1, -0.05) is 25.8 Å². The van der Waals surface area contributed by atoms with Gasteiger partial charge in [0.1, 0.15) is 5.75 Å². The molecule has 1 aromatic carbocycles. The molecule has 0 fully saturated rings. The molecule has 18 heavy (non-hydrogen) atoms. The maximum atomic E-state index is 12.8. The number of benzene rings is 1. The Bertz CT molecular complexity index is 377.